The van der Waals surface area contributed by atoms with Crippen LogP contribution in [-0.2, 0) is 30.3 Å². The molecular weight excluding hydrogens is 424 g/mol. The number of rotatable bonds is 9. The van der Waals surface area contributed by atoms with Gasteiger partial charge in [0.2, 0.25) is 5.91 Å². The summed E-state index contributed by atoms with van der Waals surface area (Å²) >= 11 is 0. The predicted molar refractivity (Wildman–Crippen MR) is 123 cm³/mol. The number of carbonyl (C=O) groups is 4. The SMILES string of the molecule is CCCOC(=O)c1ccc(N2C[C@H](C(=O)OCC(=O)Nc3ccccc3CC)CC2=O)cc1. The number of ether oxygens (including phenoxy) is 2. The van der Waals surface area contributed by atoms with Crippen molar-refractivity contribution in [3.05, 3.63) is 59.7 Å². The molecule has 8 heteroatoms. The topological polar surface area (TPSA) is 102 Å². The van der Waals surface area contributed by atoms with Gasteiger partial charge < -0.3 is 19.7 Å². The second-order valence-corrected chi connectivity index (χ2v) is 7.75. The van der Waals surface area contributed by atoms with Crippen molar-refractivity contribution in [2.75, 3.05) is 30.0 Å². The first kappa shape index (κ1) is 24.0. The summed E-state index contributed by atoms with van der Waals surface area (Å²) in [6.45, 7) is 3.97. The zero-order valence-corrected chi connectivity index (χ0v) is 18.8. The highest BCUT2D eigenvalue weighted by molar-refractivity contribution is 6.00. The molecule has 2 aromatic carbocycles. The van der Waals surface area contributed by atoms with E-state index in [0.717, 1.165) is 18.4 Å². The van der Waals surface area contributed by atoms with E-state index < -0.39 is 30.4 Å². The average Bonchev–Trinajstić information content (AvgIpc) is 3.23. The summed E-state index contributed by atoms with van der Waals surface area (Å²) in [7, 11) is 0. The third-order valence-corrected chi connectivity index (χ3v) is 5.33. The summed E-state index contributed by atoms with van der Waals surface area (Å²) in [4.78, 5) is 50.5. The maximum atomic E-state index is 12.4. The number of nitrogens with one attached hydrogen (secondary N) is 1. The van der Waals surface area contributed by atoms with E-state index in [1.807, 2.05) is 32.0 Å². The summed E-state index contributed by atoms with van der Waals surface area (Å²) in [6, 6.07) is 13.9. The van der Waals surface area contributed by atoms with E-state index in [1.165, 1.54) is 4.90 Å². The number of hydrogen-bond donors (Lipinski definition) is 1. The molecule has 0 saturated carbocycles. The highest BCUT2D eigenvalue weighted by atomic mass is 16.5. The van der Waals surface area contributed by atoms with E-state index in [0.29, 0.717) is 23.5 Å². The number of hydrogen-bond acceptors (Lipinski definition) is 6. The van der Waals surface area contributed by atoms with Gasteiger partial charge in [0, 0.05) is 24.3 Å². The van der Waals surface area contributed by atoms with Crippen LogP contribution in [0.5, 0.6) is 0 Å². The molecular formula is C25H28N2O6. The molecule has 2 aromatic rings. The molecule has 0 aliphatic carbocycles. The molecule has 174 valence electrons. The lowest BCUT2D eigenvalue weighted by molar-refractivity contribution is -0.151. The van der Waals surface area contributed by atoms with Crippen LogP contribution in [0.4, 0.5) is 11.4 Å². The highest BCUT2D eigenvalue weighted by Gasteiger charge is 2.36. The van der Waals surface area contributed by atoms with E-state index in [-0.39, 0.29) is 18.9 Å². The van der Waals surface area contributed by atoms with Gasteiger partial charge in [0.15, 0.2) is 6.61 Å². The molecule has 0 bridgehead atoms. The Morgan fingerprint density at radius 2 is 1.76 bits per heavy atom. The molecule has 3 rings (SSSR count). The third-order valence-electron chi connectivity index (χ3n) is 5.33. The quantitative estimate of drug-likeness (QED) is 0.586. The maximum Gasteiger partial charge on any atom is 0.338 e. The zero-order chi connectivity index (χ0) is 23.8. The Morgan fingerprint density at radius 1 is 1.03 bits per heavy atom. The molecule has 1 N–H and O–H groups in total. The number of para-hydroxylation sites is 1. The Balaban J connectivity index is 1.52. The van der Waals surface area contributed by atoms with Gasteiger partial charge in [-0.05, 0) is 48.7 Å². The zero-order valence-electron chi connectivity index (χ0n) is 18.8. The summed E-state index contributed by atoms with van der Waals surface area (Å²) in [5.74, 6) is -2.33. The lowest BCUT2D eigenvalue weighted by Gasteiger charge is -2.17. The third kappa shape index (κ3) is 6.19. The highest BCUT2D eigenvalue weighted by Crippen LogP contribution is 2.26. The minimum Gasteiger partial charge on any atom is -0.462 e. The van der Waals surface area contributed by atoms with Crippen molar-refractivity contribution in [3.8, 4) is 0 Å². The molecule has 1 aliphatic rings. The lowest BCUT2D eigenvalue weighted by Crippen LogP contribution is -2.28. The Labute approximate surface area is 192 Å². The monoisotopic (exact) mass is 452 g/mol. The summed E-state index contributed by atoms with van der Waals surface area (Å²) in [5, 5.41) is 2.75. The fraction of sp³-hybridized carbons (Fsp3) is 0.360. The van der Waals surface area contributed by atoms with Crippen molar-refractivity contribution in [3.63, 3.8) is 0 Å². The Morgan fingerprint density at radius 3 is 2.45 bits per heavy atom. The molecule has 1 atom stereocenters. The van der Waals surface area contributed by atoms with Crippen LogP contribution in [0, 0.1) is 5.92 Å². The first-order valence-corrected chi connectivity index (χ1v) is 11.0. The number of carbonyl (C=O) groups excluding carboxylic acids is 4. The van der Waals surface area contributed by atoms with Crippen LogP contribution in [0.2, 0.25) is 0 Å². The molecule has 1 fully saturated rings. The second kappa shape index (κ2) is 11.3. The average molecular weight is 453 g/mol. The Bertz CT molecular complexity index is 1020. The number of esters is 2. The first-order valence-electron chi connectivity index (χ1n) is 11.0. The molecule has 0 radical (unpaired) electrons. The van der Waals surface area contributed by atoms with Crippen molar-refractivity contribution < 1.29 is 28.7 Å². The summed E-state index contributed by atoms with van der Waals surface area (Å²) in [6.07, 6.45) is 1.49. The van der Waals surface area contributed by atoms with Crippen LogP contribution in [0.15, 0.2) is 48.5 Å². The van der Waals surface area contributed by atoms with E-state index in [1.54, 1.807) is 30.3 Å². The van der Waals surface area contributed by atoms with Gasteiger partial charge in [-0.1, -0.05) is 32.0 Å². The molecule has 8 nitrogen and oxygen atoms in total. The lowest BCUT2D eigenvalue weighted by atomic mass is 10.1. The fourth-order valence-electron chi connectivity index (χ4n) is 3.56. The van der Waals surface area contributed by atoms with E-state index >= 15 is 0 Å². The smallest absolute Gasteiger partial charge is 0.338 e. The van der Waals surface area contributed by atoms with Gasteiger partial charge in [-0.3, -0.25) is 14.4 Å². The minimum atomic E-state index is -0.664. The molecule has 0 spiro atoms. The minimum absolute atomic E-state index is 0.000582. The van der Waals surface area contributed by atoms with Crippen molar-refractivity contribution in [2.45, 2.75) is 33.1 Å². The van der Waals surface area contributed by atoms with Crippen LogP contribution in [0.25, 0.3) is 0 Å². The van der Waals surface area contributed by atoms with Crippen LogP contribution in [-0.4, -0.2) is 43.5 Å². The standard InChI is InChI=1S/C25H28N2O6/c1-3-13-32-24(30)18-9-11-20(12-10-18)27-15-19(14-23(27)29)25(31)33-16-22(28)26-21-8-6-5-7-17(21)4-2/h5-12,19H,3-4,13-16H2,1-2H3,(H,26,28)/t19-/m1/s1. The van der Waals surface area contributed by atoms with Crippen LogP contribution < -0.4 is 10.2 Å². The molecule has 2 amide bonds. The first-order chi connectivity index (χ1) is 15.9. The van der Waals surface area contributed by atoms with E-state index in [2.05, 4.69) is 5.32 Å². The number of amides is 2. The van der Waals surface area contributed by atoms with Gasteiger partial charge in [-0.25, -0.2) is 4.79 Å². The van der Waals surface area contributed by atoms with Gasteiger partial charge in [-0.15, -0.1) is 0 Å². The molecule has 33 heavy (non-hydrogen) atoms. The Hall–Kier alpha value is -3.68. The van der Waals surface area contributed by atoms with Gasteiger partial charge >= 0.3 is 11.9 Å². The molecule has 1 heterocycles. The van der Waals surface area contributed by atoms with E-state index in [4.69, 9.17) is 9.47 Å². The molecule has 1 saturated heterocycles. The molecule has 1 aliphatic heterocycles. The number of nitrogens with zero attached hydrogens (tertiary/aromatic N) is 1. The van der Waals surface area contributed by atoms with Crippen LogP contribution >= 0.6 is 0 Å². The van der Waals surface area contributed by atoms with Gasteiger partial charge in [0.1, 0.15) is 0 Å². The van der Waals surface area contributed by atoms with Crippen LogP contribution in [0.3, 0.4) is 0 Å². The van der Waals surface area contributed by atoms with Gasteiger partial charge in [0.05, 0.1) is 18.1 Å². The number of aryl methyl sites for hydroxylation is 1. The second-order valence-electron chi connectivity index (χ2n) is 7.75. The number of anilines is 2. The Kier molecular flexibility index (Phi) is 8.18. The normalized spacial score (nSPS) is 15.3. The fourth-order valence-corrected chi connectivity index (χ4v) is 3.56. The largest absolute Gasteiger partial charge is 0.462 e. The predicted octanol–water partition coefficient (Wildman–Crippen LogP) is 3.35. The van der Waals surface area contributed by atoms with Crippen molar-refractivity contribution in [2.24, 2.45) is 5.92 Å². The van der Waals surface area contributed by atoms with Crippen molar-refractivity contribution >= 4 is 35.1 Å². The number of benzene rings is 2. The molecule has 0 aromatic heterocycles. The van der Waals surface area contributed by atoms with Gasteiger partial charge in [-0.2, -0.15) is 0 Å². The maximum absolute atomic E-state index is 12.4. The van der Waals surface area contributed by atoms with Crippen molar-refractivity contribution in [1.29, 1.82) is 0 Å². The molecule has 0 unspecified atom stereocenters. The summed E-state index contributed by atoms with van der Waals surface area (Å²) in [5.41, 5.74) is 2.64. The summed E-state index contributed by atoms with van der Waals surface area (Å²) < 4.78 is 10.3. The van der Waals surface area contributed by atoms with Crippen LogP contribution in [0.1, 0.15) is 42.6 Å². The van der Waals surface area contributed by atoms with Crippen molar-refractivity contribution in [1.82, 2.24) is 0 Å². The van der Waals surface area contributed by atoms with Gasteiger partial charge in [0.25, 0.3) is 5.91 Å². The van der Waals surface area contributed by atoms with E-state index in [9.17, 15) is 19.2 Å².